The number of benzene rings is 1. The van der Waals surface area contributed by atoms with E-state index in [1.165, 1.54) is 37.6 Å². The summed E-state index contributed by atoms with van der Waals surface area (Å²) in [5.41, 5.74) is 11.9. The number of fused-ring (bicyclic) bond motifs is 2. The molecule has 15 atom stereocenters. The lowest BCUT2D eigenvalue weighted by Crippen LogP contribution is -2.64. The maximum Gasteiger partial charge on any atom is 0.248 e. The Hall–Kier alpha value is -5.05. The molecule has 0 saturated carbocycles. The van der Waals surface area contributed by atoms with Crippen LogP contribution in [-0.4, -0.2) is 199 Å². The number of aliphatic hydroxyl groups is 6. The van der Waals surface area contributed by atoms with Crippen LogP contribution in [0.5, 0.6) is 5.75 Å². The molecule has 3 heterocycles. The van der Waals surface area contributed by atoms with Gasteiger partial charge in [-0.25, -0.2) is 0 Å². The van der Waals surface area contributed by atoms with Crippen LogP contribution in [0.25, 0.3) is 0 Å². The van der Waals surface area contributed by atoms with Crippen molar-refractivity contribution in [2.75, 3.05) is 32.7 Å². The highest BCUT2D eigenvalue weighted by Crippen LogP contribution is 2.25. The molecule has 3 aliphatic rings. The van der Waals surface area contributed by atoms with Crippen LogP contribution in [0.4, 0.5) is 0 Å². The molecule has 7 amide bonds. The maximum absolute atomic E-state index is 14.6. The Bertz CT molecular complexity index is 2040. The molecule has 0 bridgehead atoms. The summed E-state index contributed by atoms with van der Waals surface area (Å²) in [7, 11) is 0. The molecule has 0 aliphatic carbocycles. The van der Waals surface area contributed by atoms with E-state index in [1.807, 2.05) is 0 Å². The second-order valence-corrected chi connectivity index (χ2v) is 21.2. The minimum Gasteiger partial charge on any atom is -0.508 e. The van der Waals surface area contributed by atoms with Crippen LogP contribution in [0, 0.1) is 11.8 Å². The molecule has 7 unspecified atom stereocenters. The number of phenolic OH excluding ortho intramolecular Hbond substituents is 1. The fourth-order valence-electron chi connectivity index (χ4n) is 10.2. The number of hydrogen-bond donors (Lipinski definition) is 15. The van der Waals surface area contributed by atoms with E-state index in [2.05, 4.69) is 52.7 Å². The number of rotatable bonds is 23. The first-order valence-electron chi connectivity index (χ1n) is 27.2. The van der Waals surface area contributed by atoms with Gasteiger partial charge in [0.2, 0.25) is 41.4 Å². The largest absolute Gasteiger partial charge is 0.508 e. The van der Waals surface area contributed by atoms with Crippen molar-refractivity contribution in [2.45, 2.75) is 203 Å². The molecule has 0 aromatic heterocycles. The second-order valence-electron chi connectivity index (χ2n) is 21.2. The van der Waals surface area contributed by atoms with Crippen LogP contribution >= 0.6 is 0 Å². The molecule has 1 aromatic rings. The van der Waals surface area contributed by atoms with Crippen molar-refractivity contribution in [1.82, 2.24) is 41.7 Å². The van der Waals surface area contributed by atoms with E-state index in [0.29, 0.717) is 23.8 Å². The second kappa shape index (κ2) is 31.4. The number of carbonyl (C=O) groups excluding carboxylic acids is 7. The topological polar surface area (TPSA) is 392 Å². The zero-order chi connectivity index (χ0) is 56.2. The Morgan fingerprint density at radius 2 is 1.22 bits per heavy atom. The minimum atomic E-state index is -1.96. The zero-order valence-electron chi connectivity index (χ0n) is 44.6. The van der Waals surface area contributed by atoms with Gasteiger partial charge in [-0.2, -0.15) is 0 Å². The first-order valence-corrected chi connectivity index (χ1v) is 27.2. The summed E-state index contributed by atoms with van der Waals surface area (Å²) in [4.78, 5) is 102. The van der Waals surface area contributed by atoms with E-state index in [4.69, 9.17) is 11.5 Å². The Morgan fingerprint density at radius 1 is 0.671 bits per heavy atom. The number of carbonyl (C=O) groups is 7. The molecule has 76 heavy (non-hydrogen) atoms. The van der Waals surface area contributed by atoms with Crippen molar-refractivity contribution < 1.29 is 69.3 Å². The van der Waals surface area contributed by atoms with Crippen LogP contribution in [0.15, 0.2) is 24.3 Å². The Morgan fingerprint density at radius 3 is 1.80 bits per heavy atom. The molecular formula is C52H88N10O14. The van der Waals surface area contributed by atoms with Crippen LogP contribution in [-0.2, 0) is 40.0 Å². The van der Waals surface area contributed by atoms with Gasteiger partial charge in [0.25, 0.3) is 0 Å². The van der Waals surface area contributed by atoms with Gasteiger partial charge in [-0.3, -0.25) is 38.9 Å². The number of aliphatic hydroxyl groups excluding tert-OH is 6. The number of nitrogens with two attached hydrogens (primary N) is 2. The molecule has 24 heteroatoms. The minimum absolute atomic E-state index is 0.00335. The maximum atomic E-state index is 14.6. The quantitative estimate of drug-likeness (QED) is 0.0492. The first-order chi connectivity index (χ1) is 36.1. The molecule has 3 fully saturated rings. The van der Waals surface area contributed by atoms with Crippen molar-refractivity contribution in [3.8, 4) is 5.75 Å². The van der Waals surface area contributed by atoms with E-state index in [0.717, 1.165) is 54.7 Å². The molecule has 4 rings (SSSR count). The van der Waals surface area contributed by atoms with Gasteiger partial charge < -0.3 is 83.6 Å². The molecular weight excluding hydrogens is 989 g/mol. The summed E-state index contributed by atoms with van der Waals surface area (Å²) in [6, 6.07) is -4.85. The first kappa shape index (κ1) is 63.5. The van der Waals surface area contributed by atoms with Gasteiger partial charge in [-0.15, -0.1) is 0 Å². The van der Waals surface area contributed by atoms with Crippen LogP contribution in [0.3, 0.4) is 0 Å². The molecule has 3 aliphatic heterocycles. The number of aromatic hydroxyl groups is 1. The lowest BCUT2D eigenvalue weighted by Gasteiger charge is -2.34. The van der Waals surface area contributed by atoms with Crippen molar-refractivity contribution in [3.63, 3.8) is 0 Å². The number of phenols is 1. The highest BCUT2D eigenvalue weighted by molar-refractivity contribution is 5.98. The Labute approximate surface area is 445 Å². The van der Waals surface area contributed by atoms with Crippen LogP contribution in [0.1, 0.15) is 123 Å². The van der Waals surface area contributed by atoms with E-state index < -0.39 is 146 Å². The third-order valence-electron chi connectivity index (χ3n) is 14.7. The normalized spacial score (nSPS) is 28.4. The van der Waals surface area contributed by atoms with Crippen molar-refractivity contribution in [2.24, 2.45) is 23.3 Å². The molecule has 0 radical (unpaired) electrons. The van der Waals surface area contributed by atoms with E-state index in [-0.39, 0.29) is 51.1 Å². The van der Waals surface area contributed by atoms with Crippen molar-refractivity contribution in [1.29, 1.82) is 0 Å². The smallest absolute Gasteiger partial charge is 0.248 e. The zero-order valence-corrected chi connectivity index (χ0v) is 44.6. The Kier molecular flexibility index (Phi) is 26.2. The van der Waals surface area contributed by atoms with Crippen molar-refractivity contribution >= 4 is 41.4 Å². The molecule has 17 N–H and O–H groups in total. The number of nitrogens with zero attached hydrogens (tertiary/aromatic N) is 2. The van der Waals surface area contributed by atoms with Gasteiger partial charge in [0.15, 0.2) is 0 Å². The predicted octanol–water partition coefficient (Wildman–Crippen LogP) is -2.80. The number of unbranched alkanes of at least 4 members (excludes halogenated alkanes) is 5. The SMILES string of the molecule is CCC(C)CC(C)CCCCCCCCC(=O)N[C@H]1C[C@@H](O)[C@@H](NCCN)NC(=O)C2C[C@@H](O)CN2C(=O)C([C@H](O)CCN)NC(=O)C([C@H](O)Cc2ccc(O)cc2)NC(=O)C2C[C@@H](O)CN2C(=O)C([C@@H](C)O)NC1=O. The third-order valence-corrected chi connectivity index (χ3v) is 14.7. The van der Waals surface area contributed by atoms with Crippen LogP contribution in [0.2, 0.25) is 0 Å². The lowest BCUT2D eigenvalue weighted by atomic mass is 9.91. The summed E-state index contributed by atoms with van der Waals surface area (Å²) in [6.07, 6.45) is -4.16. The van der Waals surface area contributed by atoms with Gasteiger partial charge in [-0.1, -0.05) is 77.8 Å². The predicted molar refractivity (Wildman–Crippen MR) is 279 cm³/mol. The van der Waals surface area contributed by atoms with Crippen LogP contribution < -0.4 is 43.4 Å². The summed E-state index contributed by atoms with van der Waals surface area (Å²) >= 11 is 0. The summed E-state index contributed by atoms with van der Waals surface area (Å²) in [6.45, 7) is 6.78. The van der Waals surface area contributed by atoms with Gasteiger partial charge in [0.05, 0.1) is 36.6 Å². The monoisotopic (exact) mass is 1080 g/mol. The molecule has 3 saturated heterocycles. The molecule has 430 valence electrons. The van der Waals surface area contributed by atoms with E-state index >= 15 is 0 Å². The number of amides is 7. The van der Waals surface area contributed by atoms with E-state index in [9.17, 15) is 69.3 Å². The summed E-state index contributed by atoms with van der Waals surface area (Å²) < 4.78 is 0. The average Bonchev–Trinajstić information content (AvgIpc) is 3.98. The molecule has 1 aromatic carbocycles. The number of nitrogens with one attached hydrogen (secondary N) is 6. The third kappa shape index (κ3) is 19.1. The number of hydrogen-bond acceptors (Lipinski definition) is 17. The van der Waals surface area contributed by atoms with Gasteiger partial charge >= 0.3 is 0 Å². The van der Waals surface area contributed by atoms with Crippen molar-refractivity contribution in [3.05, 3.63) is 29.8 Å². The van der Waals surface area contributed by atoms with E-state index in [1.54, 1.807) is 0 Å². The summed E-state index contributed by atoms with van der Waals surface area (Å²) in [5.74, 6) is -5.73. The van der Waals surface area contributed by atoms with Gasteiger partial charge in [0.1, 0.15) is 48.2 Å². The van der Waals surface area contributed by atoms with Gasteiger partial charge in [-0.05, 0) is 62.3 Å². The highest BCUT2D eigenvalue weighted by Gasteiger charge is 2.47. The standard InChI is InChI=1S/C52H88N10O14/c1-5-29(2)22-30(3)12-10-8-6-7-9-11-13-42(70)56-36-26-41(69)46(55-21-20-54)60-49(73)38-25-35(66)28-62(38)52(76)45(39(67)18-19-53)59-50(74)44(40(68)23-32-14-16-33(64)17-15-32)58-48(72)37-24-34(65)27-61(37)51(75)43(31(4)63)57-47(36)71/h14-17,29-31,34-41,43-46,55,63-69H,5-13,18-28,53-54H2,1-4H3,(H,56,70)(H,57,71)(H,58,72)(H,59,74)(H,60,73)/t29?,30?,31-,34-,35-,36+,37?,38?,39-,40-,41-,43?,44?,45?,46+/m1/s1. The molecule has 24 nitrogen and oxygen atoms in total. The summed E-state index contributed by atoms with van der Waals surface area (Å²) in [5, 5.41) is 93.1. The average molecular weight is 1080 g/mol. The fraction of sp³-hybridized carbons (Fsp3) is 0.750. The highest BCUT2D eigenvalue weighted by atomic mass is 16.3. The Balaban J connectivity index is 1.71. The fourth-order valence-corrected chi connectivity index (χ4v) is 10.2. The van der Waals surface area contributed by atoms with Gasteiger partial charge in [0, 0.05) is 58.3 Å². The molecule has 0 spiro atoms. The lowest BCUT2D eigenvalue weighted by molar-refractivity contribution is -0.146.